The van der Waals surface area contributed by atoms with Gasteiger partial charge in [-0.1, -0.05) is 24.2 Å². The minimum atomic E-state index is -3.85. The van der Waals surface area contributed by atoms with Crippen LogP contribution in [0.2, 0.25) is 0 Å². The Morgan fingerprint density at radius 2 is 1.74 bits per heavy atom. The highest BCUT2D eigenvalue weighted by Crippen LogP contribution is 2.23. The first-order chi connectivity index (χ1) is 14.7. The molecule has 0 saturated heterocycles. The fraction of sp³-hybridized carbons (Fsp3) is 0.273. The van der Waals surface area contributed by atoms with Crippen molar-refractivity contribution in [2.45, 2.75) is 45.1 Å². The third kappa shape index (κ3) is 5.43. The summed E-state index contributed by atoms with van der Waals surface area (Å²) >= 11 is 0. The average Bonchev–Trinajstić information content (AvgIpc) is 3.06. The number of sulfonamides is 1. The Bertz CT molecular complexity index is 1150. The second-order valence-electron chi connectivity index (χ2n) is 7.10. The van der Waals surface area contributed by atoms with E-state index in [0.717, 1.165) is 6.42 Å². The quantitative estimate of drug-likeness (QED) is 0.543. The van der Waals surface area contributed by atoms with Crippen LogP contribution in [0.25, 0.3) is 0 Å². The Kier molecular flexibility index (Phi) is 6.65. The van der Waals surface area contributed by atoms with Gasteiger partial charge in [-0.3, -0.25) is 4.79 Å². The standard InChI is InChI=1S/C22H25N3O5S/c1-5-17-6-10-19(11-7-17)29-16(4)21(26)23-18-8-12-20(13-9-18)31(27,28)25-22-14(2)15(3)24-30-22/h6-13,16,25H,5H2,1-4H3,(H,23,26). The van der Waals surface area contributed by atoms with Gasteiger partial charge in [-0.15, -0.1) is 0 Å². The first kappa shape index (κ1) is 22.4. The SMILES string of the molecule is CCc1ccc(OC(C)C(=O)Nc2ccc(S(=O)(=O)Nc3onc(C)c3C)cc2)cc1. The summed E-state index contributed by atoms with van der Waals surface area (Å²) in [5.74, 6) is 0.333. The summed E-state index contributed by atoms with van der Waals surface area (Å²) in [4.78, 5) is 12.4. The predicted octanol–water partition coefficient (Wildman–Crippen LogP) is 4.06. The van der Waals surface area contributed by atoms with Crippen molar-refractivity contribution < 1.29 is 22.5 Å². The molecule has 164 valence electrons. The van der Waals surface area contributed by atoms with Gasteiger partial charge in [0, 0.05) is 11.3 Å². The Morgan fingerprint density at radius 3 is 2.29 bits per heavy atom. The molecule has 1 heterocycles. The van der Waals surface area contributed by atoms with Gasteiger partial charge >= 0.3 is 0 Å². The van der Waals surface area contributed by atoms with E-state index in [9.17, 15) is 13.2 Å². The molecule has 0 saturated carbocycles. The minimum absolute atomic E-state index is 0.0271. The summed E-state index contributed by atoms with van der Waals surface area (Å²) in [6.07, 6.45) is 0.199. The molecule has 2 N–H and O–H groups in total. The van der Waals surface area contributed by atoms with Crippen molar-refractivity contribution in [1.82, 2.24) is 5.16 Å². The number of anilines is 2. The molecule has 1 unspecified atom stereocenters. The molecule has 0 aliphatic heterocycles. The Morgan fingerprint density at radius 1 is 1.10 bits per heavy atom. The van der Waals surface area contributed by atoms with Crippen LogP contribution in [0.5, 0.6) is 5.75 Å². The molecule has 8 nitrogen and oxygen atoms in total. The maximum absolute atomic E-state index is 12.5. The molecule has 0 radical (unpaired) electrons. The van der Waals surface area contributed by atoms with Gasteiger partial charge in [-0.05, 0) is 69.2 Å². The molecule has 0 aliphatic rings. The van der Waals surface area contributed by atoms with Crippen LogP contribution in [0.15, 0.2) is 57.9 Å². The lowest BCUT2D eigenvalue weighted by molar-refractivity contribution is -0.122. The lowest BCUT2D eigenvalue weighted by Gasteiger charge is -2.15. The van der Waals surface area contributed by atoms with Crippen LogP contribution >= 0.6 is 0 Å². The second-order valence-corrected chi connectivity index (χ2v) is 8.78. The number of benzene rings is 2. The van der Waals surface area contributed by atoms with Crippen LogP contribution in [0.4, 0.5) is 11.6 Å². The van der Waals surface area contributed by atoms with Crippen LogP contribution in [0, 0.1) is 13.8 Å². The maximum atomic E-state index is 12.5. The Balaban J connectivity index is 1.62. The normalized spacial score (nSPS) is 12.3. The summed E-state index contributed by atoms with van der Waals surface area (Å²) in [5, 5.41) is 6.45. The number of aryl methyl sites for hydroxylation is 2. The van der Waals surface area contributed by atoms with Crippen molar-refractivity contribution in [3.05, 3.63) is 65.4 Å². The van der Waals surface area contributed by atoms with Crippen molar-refractivity contribution >= 4 is 27.5 Å². The fourth-order valence-electron chi connectivity index (χ4n) is 2.71. The third-order valence-corrected chi connectivity index (χ3v) is 6.18. The summed E-state index contributed by atoms with van der Waals surface area (Å²) in [6, 6.07) is 13.4. The summed E-state index contributed by atoms with van der Waals surface area (Å²) in [6.45, 7) is 7.14. The average molecular weight is 444 g/mol. The number of nitrogens with zero attached hydrogens (tertiary/aromatic N) is 1. The highest BCUT2D eigenvalue weighted by atomic mass is 32.2. The molecule has 1 aromatic heterocycles. The summed E-state index contributed by atoms with van der Waals surface area (Å²) in [5.41, 5.74) is 2.86. The first-order valence-electron chi connectivity index (χ1n) is 9.82. The van der Waals surface area contributed by atoms with E-state index < -0.39 is 16.1 Å². The van der Waals surface area contributed by atoms with Gasteiger partial charge in [-0.25, -0.2) is 13.1 Å². The zero-order valence-electron chi connectivity index (χ0n) is 17.8. The van der Waals surface area contributed by atoms with Gasteiger partial charge in [0.2, 0.25) is 5.88 Å². The van der Waals surface area contributed by atoms with E-state index in [1.54, 1.807) is 20.8 Å². The molecular weight excluding hydrogens is 418 g/mol. The molecule has 1 amide bonds. The fourth-order valence-corrected chi connectivity index (χ4v) is 3.76. The van der Waals surface area contributed by atoms with Gasteiger partial charge in [-0.2, -0.15) is 0 Å². The van der Waals surface area contributed by atoms with E-state index in [0.29, 0.717) is 22.7 Å². The van der Waals surface area contributed by atoms with Crippen molar-refractivity contribution in [2.24, 2.45) is 0 Å². The molecular formula is C22H25N3O5S. The van der Waals surface area contributed by atoms with Crippen LogP contribution < -0.4 is 14.8 Å². The monoisotopic (exact) mass is 443 g/mol. The highest BCUT2D eigenvalue weighted by molar-refractivity contribution is 7.92. The summed E-state index contributed by atoms with van der Waals surface area (Å²) < 4.78 is 38.1. The molecule has 9 heteroatoms. The number of amides is 1. The number of carbonyl (C=O) groups is 1. The van der Waals surface area contributed by atoms with Crippen molar-refractivity contribution in [3.8, 4) is 5.75 Å². The van der Waals surface area contributed by atoms with Gasteiger partial charge in [0.1, 0.15) is 5.75 Å². The van der Waals surface area contributed by atoms with Gasteiger partial charge in [0.25, 0.3) is 15.9 Å². The van der Waals surface area contributed by atoms with E-state index in [-0.39, 0.29) is 16.7 Å². The molecule has 2 aromatic carbocycles. The molecule has 0 fully saturated rings. The second kappa shape index (κ2) is 9.22. The van der Waals surface area contributed by atoms with E-state index in [2.05, 4.69) is 22.1 Å². The Hall–Kier alpha value is -3.33. The molecule has 0 spiro atoms. The van der Waals surface area contributed by atoms with Crippen molar-refractivity contribution in [2.75, 3.05) is 10.0 Å². The van der Waals surface area contributed by atoms with Gasteiger partial charge in [0.05, 0.1) is 10.6 Å². The highest BCUT2D eigenvalue weighted by Gasteiger charge is 2.20. The maximum Gasteiger partial charge on any atom is 0.265 e. The third-order valence-electron chi connectivity index (χ3n) is 4.83. The summed E-state index contributed by atoms with van der Waals surface area (Å²) in [7, 11) is -3.85. The first-order valence-corrected chi connectivity index (χ1v) is 11.3. The van der Waals surface area contributed by atoms with Crippen LogP contribution in [0.1, 0.15) is 30.7 Å². The molecule has 1 atom stereocenters. The zero-order chi connectivity index (χ0) is 22.6. The van der Waals surface area contributed by atoms with E-state index in [1.165, 1.54) is 29.8 Å². The molecule has 3 rings (SSSR count). The number of nitrogens with one attached hydrogen (secondary N) is 2. The van der Waals surface area contributed by atoms with Crippen molar-refractivity contribution in [1.29, 1.82) is 0 Å². The van der Waals surface area contributed by atoms with Gasteiger partial charge in [0.15, 0.2) is 6.10 Å². The number of hydrogen-bond acceptors (Lipinski definition) is 6. The molecule has 0 bridgehead atoms. The van der Waals surface area contributed by atoms with Crippen molar-refractivity contribution in [3.63, 3.8) is 0 Å². The number of hydrogen-bond donors (Lipinski definition) is 2. The van der Waals surface area contributed by atoms with E-state index in [1.807, 2.05) is 24.3 Å². The zero-order valence-corrected chi connectivity index (χ0v) is 18.6. The molecule has 31 heavy (non-hydrogen) atoms. The van der Waals surface area contributed by atoms with E-state index in [4.69, 9.17) is 9.26 Å². The smallest absolute Gasteiger partial charge is 0.265 e. The number of ether oxygens (including phenoxy) is 1. The lowest BCUT2D eigenvalue weighted by atomic mass is 10.2. The molecule has 3 aromatic rings. The largest absolute Gasteiger partial charge is 0.481 e. The topological polar surface area (TPSA) is 111 Å². The number of rotatable bonds is 8. The Labute approximate surface area is 181 Å². The van der Waals surface area contributed by atoms with Crippen LogP contribution in [-0.2, 0) is 21.2 Å². The van der Waals surface area contributed by atoms with Crippen LogP contribution in [0.3, 0.4) is 0 Å². The lowest BCUT2D eigenvalue weighted by Crippen LogP contribution is -2.30. The molecule has 0 aliphatic carbocycles. The van der Waals surface area contributed by atoms with Crippen LogP contribution in [-0.4, -0.2) is 25.6 Å². The van der Waals surface area contributed by atoms with E-state index >= 15 is 0 Å². The number of carbonyl (C=O) groups excluding carboxylic acids is 1. The van der Waals surface area contributed by atoms with Gasteiger partial charge < -0.3 is 14.6 Å². The minimum Gasteiger partial charge on any atom is -0.481 e. The predicted molar refractivity (Wildman–Crippen MR) is 118 cm³/mol. The number of aromatic nitrogens is 1.